The van der Waals surface area contributed by atoms with Crippen LogP contribution in [0.4, 0.5) is 18.9 Å². The van der Waals surface area contributed by atoms with Crippen LogP contribution in [0, 0.1) is 0 Å². The van der Waals surface area contributed by atoms with Crippen LogP contribution in [0.15, 0.2) is 48.5 Å². The molecule has 0 unspecified atom stereocenters. The molecule has 0 fully saturated rings. The quantitative estimate of drug-likeness (QED) is 0.790. The van der Waals surface area contributed by atoms with Gasteiger partial charge in [0.15, 0.2) is 0 Å². The molecular weight excluding hydrogens is 353 g/mol. The van der Waals surface area contributed by atoms with Crippen molar-refractivity contribution in [1.29, 1.82) is 0 Å². The summed E-state index contributed by atoms with van der Waals surface area (Å²) in [7, 11) is 1.87. The van der Waals surface area contributed by atoms with Crippen LogP contribution in [-0.2, 0) is 17.5 Å². The number of nitrogens with one attached hydrogen (secondary N) is 1. The van der Waals surface area contributed by atoms with E-state index in [1.54, 1.807) is 0 Å². The van der Waals surface area contributed by atoms with Crippen molar-refractivity contribution in [3.8, 4) is 0 Å². The largest absolute Gasteiger partial charge is 0.416 e. The highest BCUT2D eigenvalue weighted by molar-refractivity contribution is 6.33. The third-order valence-corrected chi connectivity index (χ3v) is 3.91. The number of anilines is 1. The lowest BCUT2D eigenvalue weighted by atomic mass is 10.2. The molecule has 0 atom stereocenters. The molecule has 0 heterocycles. The van der Waals surface area contributed by atoms with E-state index in [-0.39, 0.29) is 23.0 Å². The minimum atomic E-state index is -4.49. The van der Waals surface area contributed by atoms with Gasteiger partial charge in [0.05, 0.1) is 16.3 Å². The van der Waals surface area contributed by atoms with Gasteiger partial charge in [0.25, 0.3) is 0 Å². The van der Waals surface area contributed by atoms with Crippen LogP contribution in [0.5, 0.6) is 0 Å². The van der Waals surface area contributed by atoms with Gasteiger partial charge in [-0.3, -0.25) is 4.79 Å². The number of hydrogen-bond acceptors (Lipinski definition) is 2. The summed E-state index contributed by atoms with van der Waals surface area (Å²) >= 11 is 5.87. The summed E-state index contributed by atoms with van der Waals surface area (Å²) in [4.78, 5) is 14.0. The Morgan fingerprint density at radius 2 is 1.84 bits per heavy atom. The van der Waals surface area contributed by atoms with Crippen molar-refractivity contribution in [3.05, 3.63) is 64.7 Å². The van der Waals surface area contributed by atoms with Gasteiger partial charge < -0.3 is 10.2 Å². The van der Waals surface area contributed by atoms with Crippen LogP contribution < -0.4 is 5.32 Å². The smallest absolute Gasteiger partial charge is 0.325 e. The second-order valence-electron chi connectivity index (χ2n) is 5.71. The van der Waals surface area contributed by atoms with Crippen molar-refractivity contribution in [2.75, 3.05) is 18.9 Å². The molecule has 2 aromatic rings. The van der Waals surface area contributed by atoms with Gasteiger partial charge in [-0.1, -0.05) is 41.9 Å². The fourth-order valence-electron chi connectivity index (χ4n) is 2.28. The summed E-state index contributed by atoms with van der Waals surface area (Å²) in [5, 5.41) is 2.51. The average Bonchev–Trinajstić information content (AvgIpc) is 2.55. The Kier molecular flexibility index (Phi) is 6.45. The molecule has 7 heteroatoms. The zero-order valence-electron chi connectivity index (χ0n) is 13.6. The third kappa shape index (κ3) is 6.07. The van der Waals surface area contributed by atoms with E-state index in [0.29, 0.717) is 13.1 Å². The van der Waals surface area contributed by atoms with Crippen molar-refractivity contribution in [2.45, 2.75) is 19.1 Å². The molecule has 0 radical (unpaired) electrons. The predicted octanol–water partition coefficient (Wildman–Crippen LogP) is 4.82. The highest BCUT2D eigenvalue weighted by atomic mass is 35.5. The second kappa shape index (κ2) is 8.36. The van der Waals surface area contributed by atoms with Crippen LogP contribution in [0.3, 0.4) is 0 Å². The zero-order chi connectivity index (χ0) is 18.4. The number of hydrogen-bond donors (Lipinski definition) is 1. The molecule has 1 N–H and O–H groups in total. The van der Waals surface area contributed by atoms with Gasteiger partial charge in [-0.25, -0.2) is 0 Å². The summed E-state index contributed by atoms with van der Waals surface area (Å²) in [6, 6.07) is 12.6. The second-order valence-corrected chi connectivity index (χ2v) is 6.12. The first-order chi connectivity index (χ1) is 11.8. The van der Waals surface area contributed by atoms with Gasteiger partial charge in [-0.05, 0) is 30.8 Å². The molecule has 0 saturated heterocycles. The maximum absolute atomic E-state index is 12.7. The molecule has 0 aliphatic carbocycles. The molecule has 2 rings (SSSR count). The van der Waals surface area contributed by atoms with E-state index < -0.39 is 11.7 Å². The van der Waals surface area contributed by atoms with Gasteiger partial charge in [-0.2, -0.15) is 13.2 Å². The number of rotatable bonds is 6. The molecule has 0 bridgehead atoms. The van der Waals surface area contributed by atoms with Crippen LogP contribution in [-0.4, -0.2) is 24.4 Å². The van der Waals surface area contributed by atoms with Crippen molar-refractivity contribution in [3.63, 3.8) is 0 Å². The molecule has 0 aromatic heterocycles. The Morgan fingerprint density at radius 3 is 2.48 bits per heavy atom. The number of benzene rings is 2. The lowest BCUT2D eigenvalue weighted by Gasteiger charge is -2.17. The van der Waals surface area contributed by atoms with Crippen molar-refractivity contribution in [2.24, 2.45) is 0 Å². The number of amides is 1. The number of nitrogens with zero attached hydrogens (tertiary/aromatic N) is 1. The van der Waals surface area contributed by atoms with Crippen LogP contribution in [0.2, 0.25) is 5.02 Å². The summed E-state index contributed by atoms with van der Waals surface area (Å²) in [5.41, 5.74) is 0.229. The number of carbonyl (C=O) groups excluding carboxylic acids is 1. The van der Waals surface area contributed by atoms with Crippen molar-refractivity contribution in [1.82, 2.24) is 4.90 Å². The zero-order valence-corrected chi connectivity index (χ0v) is 14.4. The fourth-order valence-corrected chi connectivity index (χ4v) is 2.44. The van der Waals surface area contributed by atoms with Gasteiger partial charge in [0, 0.05) is 19.5 Å². The number of halogens is 4. The maximum atomic E-state index is 12.7. The van der Waals surface area contributed by atoms with Crippen molar-refractivity contribution < 1.29 is 18.0 Å². The standard InChI is InChI=1S/C18H18ClF3N2O/c1-24(12-13-5-3-2-4-6-13)10-9-17(25)23-16-11-14(18(20,21)22)7-8-15(16)19/h2-8,11H,9-10,12H2,1H3,(H,23,25). The lowest BCUT2D eigenvalue weighted by molar-refractivity contribution is -0.137. The van der Waals surface area contributed by atoms with Gasteiger partial charge in [0.2, 0.25) is 5.91 Å². The van der Waals surface area contributed by atoms with E-state index in [9.17, 15) is 18.0 Å². The van der Waals surface area contributed by atoms with Crippen LogP contribution in [0.25, 0.3) is 0 Å². The number of alkyl halides is 3. The van der Waals surface area contributed by atoms with E-state index in [2.05, 4.69) is 5.32 Å². The van der Waals surface area contributed by atoms with Gasteiger partial charge in [0.1, 0.15) is 0 Å². The summed E-state index contributed by atoms with van der Waals surface area (Å²) in [6.07, 6.45) is -4.34. The lowest BCUT2D eigenvalue weighted by Crippen LogP contribution is -2.24. The van der Waals surface area contributed by atoms with Gasteiger partial charge >= 0.3 is 6.18 Å². The number of carbonyl (C=O) groups is 1. The average molecular weight is 371 g/mol. The predicted molar refractivity (Wildman–Crippen MR) is 92.5 cm³/mol. The Labute approximate surface area is 149 Å². The Hall–Kier alpha value is -2.05. The Balaban J connectivity index is 1.90. The molecule has 0 saturated carbocycles. The highest BCUT2D eigenvalue weighted by Crippen LogP contribution is 2.33. The highest BCUT2D eigenvalue weighted by Gasteiger charge is 2.31. The van der Waals surface area contributed by atoms with E-state index in [1.807, 2.05) is 42.3 Å². The molecule has 134 valence electrons. The first kappa shape index (κ1) is 19.3. The molecule has 0 spiro atoms. The maximum Gasteiger partial charge on any atom is 0.416 e. The topological polar surface area (TPSA) is 32.3 Å². The summed E-state index contributed by atoms with van der Waals surface area (Å²) in [5.74, 6) is -0.388. The molecule has 1 amide bonds. The normalized spacial score (nSPS) is 11.6. The first-order valence-electron chi connectivity index (χ1n) is 7.65. The monoisotopic (exact) mass is 370 g/mol. The summed E-state index contributed by atoms with van der Waals surface area (Å²) < 4.78 is 38.2. The molecular formula is C18H18ClF3N2O. The first-order valence-corrected chi connectivity index (χ1v) is 8.02. The SMILES string of the molecule is CN(CCC(=O)Nc1cc(C(F)(F)F)ccc1Cl)Cc1ccccc1. The fraction of sp³-hybridized carbons (Fsp3) is 0.278. The van der Waals surface area contributed by atoms with Crippen LogP contribution in [0.1, 0.15) is 17.5 Å². The van der Waals surface area contributed by atoms with E-state index >= 15 is 0 Å². The molecule has 25 heavy (non-hydrogen) atoms. The molecule has 0 aliphatic heterocycles. The van der Waals surface area contributed by atoms with Gasteiger partial charge in [-0.15, -0.1) is 0 Å². The van der Waals surface area contributed by atoms with Crippen molar-refractivity contribution >= 4 is 23.2 Å². The molecule has 2 aromatic carbocycles. The van der Waals surface area contributed by atoms with E-state index in [0.717, 1.165) is 23.8 Å². The minimum absolute atomic E-state index is 0.0350. The molecule has 0 aliphatic rings. The Morgan fingerprint density at radius 1 is 1.16 bits per heavy atom. The van der Waals surface area contributed by atoms with Crippen LogP contribution >= 0.6 is 11.6 Å². The molecule has 3 nitrogen and oxygen atoms in total. The summed E-state index contributed by atoms with van der Waals surface area (Å²) in [6.45, 7) is 1.15. The minimum Gasteiger partial charge on any atom is -0.325 e. The third-order valence-electron chi connectivity index (χ3n) is 3.58. The Bertz CT molecular complexity index is 720. The van der Waals surface area contributed by atoms with E-state index in [4.69, 9.17) is 11.6 Å². The van der Waals surface area contributed by atoms with E-state index in [1.165, 1.54) is 0 Å².